The molecule has 0 amide bonds. The first-order chi connectivity index (χ1) is 9.90. The van der Waals surface area contributed by atoms with E-state index in [2.05, 4.69) is 34.0 Å². The molecule has 3 nitrogen and oxygen atoms in total. The van der Waals surface area contributed by atoms with Gasteiger partial charge in [-0.25, -0.2) is 4.98 Å². The number of nitrogens with zero attached hydrogens (tertiary/aromatic N) is 3. The van der Waals surface area contributed by atoms with Crippen LogP contribution < -0.4 is 0 Å². The maximum absolute atomic E-state index is 4.75. The minimum atomic E-state index is 0.952. The average molecular weight is 261 g/mol. The van der Waals surface area contributed by atoms with Crippen LogP contribution in [0.5, 0.6) is 0 Å². The molecule has 1 aliphatic heterocycles. The summed E-state index contributed by atoms with van der Waals surface area (Å²) in [6.07, 6.45) is 2.34. The quantitative estimate of drug-likeness (QED) is 0.706. The molecule has 20 heavy (non-hydrogen) atoms. The summed E-state index contributed by atoms with van der Waals surface area (Å²) in [4.78, 5) is 4.75. The monoisotopic (exact) mass is 261 g/mol. The van der Waals surface area contributed by atoms with E-state index in [0.29, 0.717) is 0 Å². The largest absolute Gasteiger partial charge is 0.269 e. The van der Waals surface area contributed by atoms with Gasteiger partial charge in [-0.05, 0) is 31.0 Å². The Balaban J connectivity index is 1.75. The molecule has 3 aromatic rings. The van der Waals surface area contributed by atoms with Crippen molar-refractivity contribution in [1.82, 2.24) is 14.8 Å². The van der Waals surface area contributed by atoms with E-state index < -0.39 is 0 Å². The van der Waals surface area contributed by atoms with Crippen LogP contribution in [-0.2, 0) is 13.0 Å². The molecule has 0 aliphatic carbocycles. The van der Waals surface area contributed by atoms with Crippen molar-refractivity contribution >= 4 is 0 Å². The summed E-state index contributed by atoms with van der Waals surface area (Å²) in [6.45, 7) is 1.04. The predicted molar refractivity (Wildman–Crippen MR) is 79.2 cm³/mol. The first-order valence-electron chi connectivity index (χ1n) is 7.00. The Labute approximate surface area is 117 Å². The van der Waals surface area contributed by atoms with Gasteiger partial charge in [-0.15, -0.1) is 0 Å². The molecule has 0 spiro atoms. The van der Waals surface area contributed by atoms with Gasteiger partial charge in [0.1, 0.15) is 5.69 Å². The third-order valence-electron chi connectivity index (χ3n) is 3.75. The lowest BCUT2D eigenvalue weighted by Gasteiger charge is -2.03. The van der Waals surface area contributed by atoms with Gasteiger partial charge < -0.3 is 0 Å². The smallest absolute Gasteiger partial charge is 0.111 e. The highest BCUT2D eigenvalue weighted by atomic mass is 15.3. The zero-order valence-corrected chi connectivity index (χ0v) is 11.2. The Morgan fingerprint density at radius 3 is 2.55 bits per heavy atom. The molecular formula is C17H15N3. The van der Waals surface area contributed by atoms with Crippen LogP contribution in [0.15, 0.2) is 54.6 Å². The van der Waals surface area contributed by atoms with Gasteiger partial charge in [-0.1, -0.05) is 36.4 Å². The zero-order valence-electron chi connectivity index (χ0n) is 11.2. The van der Waals surface area contributed by atoms with Crippen LogP contribution in [0.4, 0.5) is 0 Å². The molecule has 1 aromatic carbocycles. The lowest BCUT2D eigenvalue weighted by Crippen LogP contribution is -1.95. The lowest BCUT2D eigenvalue weighted by atomic mass is 10.1. The molecule has 3 heteroatoms. The second-order valence-corrected chi connectivity index (χ2v) is 5.12. The van der Waals surface area contributed by atoms with Crippen LogP contribution in [0.2, 0.25) is 0 Å². The average Bonchev–Trinajstić information content (AvgIpc) is 3.10. The van der Waals surface area contributed by atoms with E-state index in [1.807, 2.05) is 30.3 Å². The maximum atomic E-state index is 4.75. The van der Waals surface area contributed by atoms with Crippen molar-refractivity contribution in [3.63, 3.8) is 0 Å². The number of hydrogen-bond acceptors (Lipinski definition) is 2. The van der Waals surface area contributed by atoms with Gasteiger partial charge in [0.15, 0.2) is 0 Å². The van der Waals surface area contributed by atoms with E-state index >= 15 is 0 Å². The molecule has 0 saturated heterocycles. The van der Waals surface area contributed by atoms with Gasteiger partial charge in [0, 0.05) is 17.8 Å². The third-order valence-corrected chi connectivity index (χ3v) is 3.75. The molecule has 3 heterocycles. The fourth-order valence-electron chi connectivity index (χ4n) is 2.73. The molecule has 2 aromatic heterocycles. The molecule has 0 radical (unpaired) electrons. The van der Waals surface area contributed by atoms with E-state index in [-0.39, 0.29) is 0 Å². The third kappa shape index (κ3) is 1.92. The minimum Gasteiger partial charge on any atom is -0.269 e. The SMILES string of the molecule is c1ccc(-c2cccc(-c3cc4n(n3)CCC4)n2)cc1. The van der Waals surface area contributed by atoms with E-state index in [0.717, 1.165) is 35.6 Å². The molecule has 0 atom stereocenters. The molecule has 0 fully saturated rings. The fraction of sp³-hybridized carbons (Fsp3) is 0.176. The standard InChI is InChI=1S/C17H15N3/c1-2-6-13(7-3-1)15-9-4-10-16(18-15)17-12-14-8-5-11-20(14)19-17/h1-4,6-7,9-10,12H,5,8,11H2. The lowest BCUT2D eigenvalue weighted by molar-refractivity contribution is 0.658. The second kappa shape index (κ2) is 4.60. The van der Waals surface area contributed by atoms with Gasteiger partial charge in [-0.3, -0.25) is 4.68 Å². The predicted octanol–water partition coefficient (Wildman–Crippen LogP) is 3.56. The van der Waals surface area contributed by atoms with E-state index in [4.69, 9.17) is 4.98 Å². The van der Waals surface area contributed by atoms with E-state index in [1.54, 1.807) is 0 Å². The molecule has 1 aliphatic rings. The number of pyridine rings is 1. The Hall–Kier alpha value is -2.42. The van der Waals surface area contributed by atoms with Crippen LogP contribution in [0.3, 0.4) is 0 Å². The maximum Gasteiger partial charge on any atom is 0.111 e. The first kappa shape index (κ1) is 11.4. The fourth-order valence-corrected chi connectivity index (χ4v) is 2.73. The summed E-state index contributed by atoms with van der Waals surface area (Å²) >= 11 is 0. The zero-order chi connectivity index (χ0) is 13.4. The van der Waals surface area contributed by atoms with Crippen molar-refractivity contribution in [3.8, 4) is 22.6 Å². The summed E-state index contributed by atoms with van der Waals surface area (Å²) in [6, 6.07) is 18.6. The second-order valence-electron chi connectivity index (χ2n) is 5.12. The first-order valence-corrected chi connectivity index (χ1v) is 7.00. The summed E-state index contributed by atoms with van der Waals surface area (Å²) < 4.78 is 2.10. The van der Waals surface area contributed by atoms with Gasteiger partial charge in [0.2, 0.25) is 0 Å². The molecule has 0 bridgehead atoms. The molecule has 0 saturated carbocycles. The van der Waals surface area contributed by atoms with Crippen LogP contribution in [-0.4, -0.2) is 14.8 Å². The Kier molecular flexibility index (Phi) is 2.62. The van der Waals surface area contributed by atoms with E-state index in [9.17, 15) is 0 Å². The van der Waals surface area contributed by atoms with Crippen molar-refractivity contribution in [3.05, 3.63) is 60.3 Å². The summed E-state index contributed by atoms with van der Waals surface area (Å²) in [5.74, 6) is 0. The van der Waals surface area contributed by atoms with Gasteiger partial charge in [-0.2, -0.15) is 5.10 Å². The number of hydrogen-bond donors (Lipinski definition) is 0. The number of aromatic nitrogens is 3. The van der Waals surface area contributed by atoms with Crippen LogP contribution in [0.1, 0.15) is 12.1 Å². The molecule has 0 unspecified atom stereocenters. The highest BCUT2D eigenvalue weighted by Crippen LogP contribution is 2.24. The van der Waals surface area contributed by atoms with Crippen LogP contribution in [0.25, 0.3) is 22.6 Å². The number of fused-ring (bicyclic) bond motifs is 1. The number of benzene rings is 1. The summed E-state index contributed by atoms with van der Waals surface area (Å²) in [7, 11) is 0. The van der Waals surface area contributed by atoms with Crippen LogP contribution >= 0.6 is 0 Å². The van der Waals surface area contributed by atoms with Crippen molar-refractivity contribution in [1.29, 1.82) is 0 Å². The molecular weight excluding hydrogens is 246 g/mol. The van der Waals surface area contributed by atoms with Gasteiger partial charge >= 0.3 is 0 Å². The Morgan fingerprint density at radius 1 is 0.850 bits per heavy atom. The highest BCUT2D eigenvalue weighted by molar-refractivity contribution is 5.64. The van der Waals surface area contributed by atoms with Crippen molar-refractivity contribution < 1.29 is 0 Å². The van der Waals surface area contributed by atoms with Crippen LogP contribution in [0, 0.1) is 0 Å². The summed E-state index contributed by atoms with van der Waals surface area (Å²) in [5.41, 5.74) is 5.40. The van der Waals surface area contributed by atoms with Gasteiger partial charge in [0.05, 0.1) is 11.4 Å². The summed E-state index contributed by atoms with van der Waals surface area (Å²) in [5, 5.41) is 4.65. The Bertz CT molecular complexity index is 722. The topological polar surface area (TPSA) is 30.7 Å². The number of aryl methyl sites for hydroxylation is 2. The molecule has 4 rings (SSSR count). The molecule has 98 valence electrons. The van der Waals surface area contributed by atoms with E-state index in [1.165, 1.54) is 12.1 Å². The van der Waals surface area contributed by atoms with Crippen molar-refractivity contribution in [2.45, 2.75) is 19.4 Å². The van der Waals surface area contributed by atoms with Gasteiger partial charge in [0.25, 0.3) is 0 Å². The highest BCUT2D eigenvalue weighted by Gasteiger charge is 2.15. The van der Waals surface area contributed by atoms with Crippen molar-refractivity contribution in [2.24, 2.45) is 0 Å². The van der Waals surface area contributed by atoms with Crippen molar-refractivity contribution in [2.75, 3.05) is 0 Å². The molecule has 0 N–H and O–H groups in total. The minimum absolute atomic E-state index is 0.952. The Morgan fingerprint density at radius 2 is 1.70 bits per heavy atom. The number of rotatable bonds is 2. The normalized spacial score (nSPS) is 13.4.